The van der Waals surface area contributed by atoms with Crippen LogP contribution >= 0.6 is 0 Å². The lowest BCUT2D eigenvalue weighted by molar-refractivity contribution is -0.167. The quantitative estimate of drug-likeness (QED) is 0.0261. The highest BCUT2D eigenvalue weighted by atomic mass is 16.6. The number of hydrogen-bond donors (Lipinski definition) is 0. The van der Waals surface area contributed by atoms with Gasteiger partial charge in [0.25, 0.3) is 0 Å². The summed E-state index contributed by atoms with van der Waals surface area (Å²) in [6.07, 6.45) is 88.9. The Morgan fingerprint density at radius 2 is 0.439 bits per heavy atom. The van der Waals surface area contributed by atoms with Crippen molar-refractivity contribution in [3.05, 3.63) is 36.5 Å². The number of allylic oxidation sites excluding steroid dienone is 6. The summed E-state index contributed by atoms with van der Waals surface area (Å²) >= 11 is 0. The lowest BCUT2D eigenvalue weighted by Crippen LogP contribution is -2.30. The predicted octanol–water partition coefficient (Wildman–Crippen LogP) is 25.5. The topological polar surface area (TPSA) is 78.9 Å². The number of carbonyl (C=O) groups excluding carboxylic acids is 3. The van der Waals surface area contributed by atoms with Gasteiger partial charge in [-0.15, -0.1) is 0 Å². The van der Waals surface area contributed by atoms with E-state index in [1.54, 1.807) is 0 Å². The van der Waals surface area contributed by atoms with Gasteiger partial charge in [-0.2, -0.15) is 0 Å². The standard InChI is InChI=1S/C76H142O6/c1-4-7-10-13-16-19-22-25-28-31-33-35-37-39-40-42-45-48-51-54-57-60-63-66-69-75(78)81-72-73(71-80-74(77)68-65-62-59-56-53-50-47-44-30-27-24-21-18-15-12-9-6-3)82-76(79)70-67-64-61-58-55-52-49-46-43-41-38-36-34-32-29-26-23-20-17-14-11-8-5-2/h23,26,32,34,38,41,73H,4-22,24-25,27-31,33,35-37,39-40,42-72H2,1-3H3/b26-23-,34-32-,41-38-. The van der Waals surface area contributed by atoms with Crippen LogP contribution < -0.4 is 0 Å². The van der Waals surface area contributed by atoms with Gasteiger partial charge in [0.1, 0.15) is 13.2 Å². The number of rotatable bonds is 69. The van der Waals surface area contributed by atoms with Crippen molar-refractivity contribution >= 4 is 17.9 Å². The minimum absolute atomic E-state index is 0.0690. The van der Waals surface area contributed by atoms with Crippen LogP contribution in [0.3, 0.4) is 0 Å². The first-order chi connectivity index (χ1) is 40.5. The Morgan fingerprint density at radius 3 is 0.683 bits per heavy atom. The predicted molar refractivity (Wildman–Crippen MR) is 358 cm³/mol. The van der Waals surface area contributed by atoms with Crippen molar-refractivity contribution in [2.75, 3.05) is 13.2 Å². The Bertz CT molecular complexity index is 1370. The lowest BCUT2D eigenvalue weighted by Gasteiger charge is -2.18. The van der Waals surface area contributed by atoms with Crippen LogP contribution in [0.5, 0.6) is 0 Å². The van der Waals surface area contributed by atoms with Gasteiger partial charge in [0, 0.05) is 19.3 Å². The summed E-state index contributed by atoms with van der Waals surface area (Å²) in [5.74, 6) is -0.842. The molecule has 1 atom stereocenters. The highest BCUT2D eigenvalue weighted by molar-refractivity contribution is 5.71. The van der Waals surface area contributed by atoms with Crippen LogP contribution in [0.25, 0.3) is 0 Å². The van der Waals surface area contributed by atoms with Gasteiger partial charge in [0.05, 0.1) is 0 Å². The molecule has 1 unspecified atom stereocenters. The minimum atomic E-state index is -0.775. The van der Waals surface area contributed by atoms with Crippen LogP contribution in [0.1, 0.15) is 412 Å². The van der Waals surface area contributed by atoms with E-state index in [2.05, 4.69) is 57.2 Å². The molecule has 6 nitrogen and oxygen atoms in total. The maximum atomic E-state index is 13.0. The molecule has 0 spiro atoms. The van der Waals surface area contributed by atoms with Gasteiger partial charge in [-0.1, -0.05) is 372 Å². The molecular formula is C76H142O6. The Kier molecular flexibility index (Phi) is 69.1. The highest BCUT2D eigenvalue weighted by Gasteiger charge is 2.20. The second-order valence-corrected chi connectivity index (χ2v) is 25.2. The molecule has 0 fully saturated rings. The van der Waals surface area contributed by atoms with Gasteiger partial charge in [-0.25, -0.2) is 0 Å². The molecule has 0 aliphatic carbocycles. The van der Waals surface area contributed by atoms with Gasteiger partial charge in [0.15, 0.2) is 6.10 Å². The third-order valence-electron chi connectivity index (χ3n) is 16.9. The van der Waals surface area contributed by atoms with E-state index >= 15 is 0 Å². The molecule has 0 aromatic heterocycles. The van der Waals surface area contributed by atoms with E-state index in [1.807, 2.05) is 0 Å². The Hall–Kier alpha value is -2.37. The van der Waals surface area contributed by atoms with Crippen molar-refractivity contribution in [3.63, 3.8) is 0 Å². The fraction of sp³-hybridized carbons (Fsp3) is 0.882. The molecule has 482 valence electrons. The number of ether oxygens (including phenoxy) is 3. The maximum Gasteiger partial charge on any atom is 0.306 e. The summed E-state index contributed by atoms with van der Waals surface area (Å²) in [6, 6.07) is 0. The molecule has 0 rings (SSSR count). The molecule has 82 heavy (non-hydrogen) atoms. The van der Waals surface area contributed by atoms with Crippen LogP contribution in [-0.2, 0) is 28.6 Å². The Morgan fingerprint density at radius 1 is 0.244 bits per heavy atom. The first-order valence-corrected chi connectivity index (χ1v) is 37.0. The zero-order valence-electron chi connectivity index (χ0n) is 55.5. The maximum absolute atomic E-state index is 13.0. The Balaban J connectivity index is 4.30. The second-order valence-electron chi connectivity index (χ2n) is 25.2. The fourth-order valence-electron chi connectivity index (χ4n) is 11.3. The van der Waals surface area contributed by atoms with E-state index in [9.17, 15) is 14.4 Å². The van der Waals surface area contributed by atoms with Gasteiger partial charge in [-0.3, -0.25) is 14.4 Å². The summed E-state index contributed by atoms with van der Waals surface area (Å²) in [5.41, 5.74) is 0. The zero-order chi connectivity index (χ0) is 59.2. The average molecular weight is 1150 g/mol. The molecule has 0 aromatic carbocycles. The van der Waals surface area contributed by atoms with Crippen molar-refractivity contribution in [1.82, 2.24) is 0 Å². The van der Waals surface area contributed by atoms with Crippen molar-refractivity contribution in [2.45, 2.75) is 419 Å². The fourth-order valence-corrected chi connectivity index (χ4v) is 11.3. The van der Waals surface area contributed by atoms with E-state index in [1.165, 1.54) is 295 Å². The molecule has 0 saturated carbocycles. The van der Waals surface area contributed by atoms with Crippen LogP contribution in [0, 0.1) is 0 Å². The first kappa shape index (κ1) is 79.6. The van der Waals surface area contributed by atoms with E-state index < -0.39 is 6.10 Å². The normalized spacial score (nSPS) is 12.2. The summed E-state index contributed by atoms with van der Waals surface area (Å²) in [4.78, 5) is 38.5. The van der Waals surface area contributed by atoms with Crippen LogP contribution in [0.4, 0.5) is 0 Å². The Labute approximate surface area is 512 Å². The third-order valence-corrected chi connectivity index (χ3v) is 16.9. The number of unbranched alkanes of at least 4 members (excludes halogenated alkanes) is 52. The van der Waals surface area contributed by atoms with Crippen LogP contribution in [0.15, 0.2) is 36.5 Å². The molecule has 0 radical (unpaired) electrons. The summed E-state index contributed by atoms with van der Waals surface area (Å²) in [6.45, 7) is 6.71. The monoisotopic (exact) mass is 1150 g/mol. The molecule has 0 bridgehead atoms. The van der Waals surface area contributed by atoms with Gasteiger partial charge >= 0.3 is 17.9 Å². The minimum Gasteiger partial charge on any atom is -0.462 e. The van der Waals surface area contributed by atoms with Gasteiger partial charge in [-0.05, 0) is 57.8 Å². The van der Waals surface area contributed by atoms with Crippen molar-refractivity contribution in [3.8, 4) is 0 Å². The number of carbonyl (C=O) groups is 3. The third kappa shape index (κ3) is 68.4. The summed E-state index contributed by atoms with van der Waals surface area (Å²) in [7, 11) is 0. The number of hydrogen-bond acceptors (Lipinski definition) is 6. The summed E-state index contributed by atoms with van der Waals surface area (Å²) < 4.78 is 17.0. The average Bonchev–Trinajstić information content (AvgIpc) is 3.47. The van der Waals surface area contributed by atoms with Crippen LogP contribution in [-0.4, -0.2) is 37.2 Å². The van der Waals surface area contributed by atoms with Gasteiger partial charge < -0.3 is 14.2 Å². The highest BCUT2D eigenvalue weighted by Crippen LogP contribution is 2.19. The molecular weight excluding hydrogens is 1010 g/mol. The molecule has 0 amide bonds. The van der Waals surface area contributed by atoms with Crippen molar-refractivity contribution in [2.24, 2.45) is 0 Å². The second kappa shape index (κ2) is 71.1. The summed E-state index contributed by atoms with van der Waals surface area (Å²) in [5, 5.41) is 0. The molecule has 0 saturated heterocycles. The molecule has 6 heteroatoms. The van der Waals surface area contributed by atoms with Crippen molar-refractivity contribution in [1.29, 1.82) is 0 Å². The molecule has 0 aliphatic rings. The van der Waals surface area contributed by atoms with Crippen molar-refractivity contribution < 1.29 is 28.6 Å². The SMILES string of the molecule is CCCCCCC/C=C\C/C=C\C/C=C\CCCCCCCCCCC(=O)OC(COC(=O)CCCCCCCCCCCCCCCCCCC)COC(=O)CCCCCCCCCCCCCCCCCCCCCCCCCC. The van der Waals surface area contributed by atoms with E-state index in [0.717, 1.165) is 77.0 Å². The molecule has 0 aromatic rings. The van der Waals surface area contributed by atoms with Gasteiger partial charge in [0.2, 0.25) is 0 Å². The van der Waals surface area contributed by atoms with Crippen LogP contribution in [0.2, 0.25) is 0 Å². The smallest absolute Gasteiger partial charge is 0.306 e. The largest absolute Gasteiger partial charge is 0.462 e. The van der Waals surface area contributed by atoms with E-state index in [0.29, 0.717) is 19.3 Å². The molecule has 0 N–H and O–H groups in total. The zero-order valence-corrected chi connectivity index (χ0v) is 55.5. The molecule has 0 heterocycles. The molecule has 0 aliphatic heterocycles. The van der Waals surface area contributed by atoms with E-state index in [-0.39, 0.29) is 31.1 Å². The lowest BCUT2D eigenvalue weighted by atomic mass is 10.0. The van der Waals surface area contributed by atoms with E-state index in [4.69, 9.17) is 14.2 Å². The first-order valence-electron chi connectivity index (χ1n) is 37.0. The number of esters is 3.